The van der Waals surface area contributed by atoms with Crippen molar-refractivity contribution >= 4 is 35.1 Å². The van der Waals surface area contributed by atoms with E-state index < -0.39 is 17.7 Å². The summed E-state index contributed by atoms with van der Waals surface area (Å²) in [5, 5.41) is 3.20. The summed E-state index contributed by atoms with van der Waals surface area (Å²) in [4.78, 5) is 43.2. The van der Waals surface area contributed by atoms with Gasteiger partial charge in [0.15, 0.2) is 0 Å². The SMILES string of the molecule is COCCOc1ccc(Nc2ncc3c(n2)CN(c2cnc4c(c2C)N(C(=O)OC(C)(C)C)CCO4)CC3)cc1C(=O)OC. The van der Waals surface area contributed by atoms with Gasteiger partial charge in [-0.3, -0.25) is 4.90 Å². The van der Waals surface area contributed by atoms with E-state index >= 15 is 0 Å². The van der Waals surface area contributed by atoms with Gasteiger partial charge < -0.3 is 33.9 Å². The first-order valence-corrected chi connectivity index (χ1v) is 14.4. The molecule has 4 heterocycles. The third-order valence-electron chi connectivity index (χ3n) is 7.16. The number of carbonyl (C=O) groups excluding carboxylic acids is 2. The molecule has 2 aliphatic rings. The third kappa shape index (κ3) is 6.77. The summed E-state index contributed by atoms with van der Waals surface area (Å²) in [5.41, 5.74) is 4.54. The maximum atomic E-state index is 13.1. The molecule has 234 valence electrons. The average molecular weight is 607 g/mol. The normalized spacial score (nSPS) is 14.2. The molecule has 1 aromatic carbocycles. The van der Waals surface area contributed by atoms with Gasteiger partial charge >= 0.3 is 12.1 Å². The first-order valence-electron chi connectivity index (χ1n) is 14.4. The number of methoxy groups -OCH3 is 2. The lowest BCUT2D eigenvalue weighted by Gasteiger charge is -2.35. The topological polar surface area (TPSA) is 137 Å². The fourth-order valence-electron chi connectivity index (χ4n) is 5.08. The minimum absolute atomic E-state index is 0.275. The van der Waals surface area contributed by atoms with Crippen LogP contribution in [0.5, 0.6) is 11.6 Å². The van der Waals surface area contributed by atoms with Gasteiger partial charge in [0.1, 0.15) is 35.8 Å². The molecule has 13 heteroatoms. The van der Waals surface area contributed by atoms with E-state index in [9.17, 15) is 9.59 Å². The molecule has 0 saturated carbocycles. The van der Waals surface area contributed by atoms with Gasteiger partial charge in [0.2, 0.25) is 11.8 Å². The van der Waals surface area contributed by atoms with Crippen molar-refractivity contribution in [2.24, 2.45) is 0 Å². The Bertz CT molecular complexity index is 1540. The Kier molecular flexibility index (Phi) is 9.04. The molecule has 0 aliphatic carbocycles. The average Bonchev–Trinajstić information content (AvgIpc) is 3.00. The summed E-state index contributed by atoms with van der Waals surface area (Å²) in [6.07, 6.45) is 3.91. The van der Waals surface area contributed by atoms with Crippen molar-refractivity contribution in [2.75, 3.05) is 62.2 Å². The number of pyridine rings is 1. The van der Waals surface area contributed by atoms with Crippen molar-refractivity contribution in [2.45, 2.75) is 46.3 Å². The summed E-state index contributed by atoms with van der Waals surface area (Å²) in [6.45, 7) is 10.1. The van der Waals surface area contributed by atoms with E-state index in [1.807, 2.05) is 33.9 Å². The van der Waals surface area contributed by atoms with Crippen LogP contribution in [0.4, 0.5) is 27.8 Å². The second kappa shape index (κ2) is 12.9. The molecule has 5 rings (SSSR count). The summed E-state index contributed by atoms with van der Waals surface area (Å²) >= 11 is 0. The highest BCUT2D eigenvalue weighted by molar-refractivity contribution is 5.94. The number of esters is 1. The van der Waals surface area contributed by atoms with Gasteiger partial charge in [0.05, 0.1) is 44.4 Å². The van der Waals surface area contributed by atoms with E-state index in [1.54, 1.807) is 36.4 Å². The van der Waals surface area contributed by atoms with Gasteiger partial charge in [0.25, 0.3) is 0 Å². The van der Waals surface area contributed by atoms with Gasteiger partial charge in [-0.15, -0.1) is 0 Å². The van der Waals surface area contributed by atoms with Gasteiger partial charge in [-0.05, 0) is 57.9 Å². The van der Waals surface area contributed by atoms with E-state index in [-0.39, 0.29) is 5.56 Å². The van der Waals surface area contributed by atoms with Crippen LogP contribution in [0.25, 0.3) is 0 Å². The number of anilines is 4. The maximum Gasteiger partial charge on any atom is 0.415 e. The molecule has 0 radical (unpaired) electrons. The fraction of sp³-hybridized carbons (Fsp3) is 0.452. The fourth-order valence-corrected chi connectivity index (χ4v) is 5.08. The molecular weight excluding hydrogens is 568 g/mol. The van der Waals surface area contributed by atoms with E-state index in [2.05, 4.69) is 20.2 Å². The highest BCUT2D eigenvalue weighted by Crippen LogP contribution is 2.40. The number of hydrogen-bond donors (Lipinski definition) is 1. The lowest BCUT2D eigenvalue weighted by Crippen LogP contribution is -2.42. The third-order valence-corrected chi connectivity index (χ3v) is 7.16. The molecule has 0 spiro atoms. The van der Waals surface area contributed by atoms with Gasteiger partial charge in [0, 0.05) is 31.1 Å². The first kappa shape index (κ1) is 30.8. The lowest BCUT2D eigenvalue weighted by atomic mass is 10.0. The van der Waals surface area contributed by atoms with E-state index in [0.29, 0.717) is 61.9 Å². The standard InChI is InChI=1S/C31H38N6O7/c1-19-24(17-32-27-26(19)37(11-12-43-27)30(39)44-31(2,3)4)36-10-9-20-16-33-29(35-23(20)18-36)34-21-7-8-25(42-14-13-40-5)22(15-21)28(38)41-6/h7-8,15-17H,9-14,18H2,1-6H3,(H,33,34,35). The molecule has 1 amide bonds. The number of hydrogen-bond acceptors (Lipinski definition) is 12. The molecule has 13 nitrogen and oxygen atoms in total. The summed E-state index contributed by atoms with van der Waals surface area (Å²) in [7, 11) is 2.90. The van der Waals surface area contributed by atoms with Gasteiger partial charge in [-0.1, -0.05) is 0 Å². The van der Waals surface area contributed by atoms with Gasteiger partial charge in [-0.25, -0.2) is 24.5 Å². The Morgan fingerprint density at radius 3 is 2.66 bits per heavy atom. The second-order valence-corrected chi connectivity index (χ2v) is 11.4. The molecule has 2 aromatic heterocycles. The maximum absolute atomic E-state index is 13.1. The Labute approximate surface area is 256 Å². The summed E-state index contributed by atoms with van der Waals surface area (Å²) < 4.78 is 27.1. The molecule has 0 bridgehead atoms. The van der Waals surface area contributed by atoms with Crippen LogP contribution in [-0.4, -0.2) is 79.7 Å². The predicted octanol–water partition coefficient (Wildman–Crippen LogP) is 4.43. The number of nitrogens with zero attached hydrogens (tertiary/aromatic N) is 5. The quantitative estimate of drug-likeness (QED) is 0.287. The number of benzene rings is 1. The monoisotopic (exact) mass is 606 g/mol. The van der Waals surface area contributed by atoms with Crippen molar-refractivity contribution in [3.05, 3.63) is 53.0 Å². The van der Waals surface area contributed by atoms with E-state index in [4.69, 9.17) is 28.7 Å². The van der Waals surface area contributed by atoms with Crippen LogP contribution >= 0.6 is 0 Å². The Morgan fingerprint density at radius 2 is 1.91 bits per heavy atom. The van der Waals surface area contributed by atoms with E-state index in [1.165, 1.54) is 7.11 Å². The minimum Gasteiger partial charge on any atom is -0.490 e. The molecule has 44 heavy (non-hydrogen) atoms. The Balaban J connectivity index is 1.37. The number of carbonyl (C=O) groups is 2. The molecule has 0 fully saturated rings. The largest absolute Gasteiger partial charge is 0.490 e. The zero-order valence-electron chi connectivity index (χ0n) is 25.9. The van der Waals surface area contributed by atoms with Crippen molar-refractivity contribution < 1.29 is 33.3 Å². The molecule has 0 unspecified atom stereocenters. The zero-order chi connectivity index (χ0) is 31.4. The smallest absolute Gasteiger partial charge is 0.415 e. The van der Waals surface area contributed by atoms with Crippen LogP contribution in [0.3, 0.4) is 0 Å². The molecule has 0 saturated heterocycles. The number of nitrogens with one attached hydrogen (secondary N) is 1. The number of rotatable bonds is 8. The summed E-state index contributed by atoms with van der Waals surface area (Å²) in [5.74, 6) is 0.675. The van der Waals surface area contributed by atoms with Crippen molar-refractivity contribution in [3.8, 4) is 11.6 Å². The highest BCUT2D eigenvalue weighted by Gasteiger charge is 2.33. The second-order valence-electron chi connectivity index (χ2n) is 11.4. The minimum atomic E-state index is -0.628. The first-order chi connectivity index (χ1) is 21.1. The number of aromatic nitrogens is 3. The summed E-state index contributed by atoms with van der Waals surface area (Å²) in [6, 6.07) is 5.12. The van der Waals surface area contributed by atoms with Crippen LogP contribution in [0.2, 0.25) is 0 Å². The van der Waals surface area contributed by atoms with Crippen LogP contribution < -0.4 is 24.6 Å². The molecular formula is C31H38N6O7. The van der Waals surface area contributed by atoms with Crippen LogP contribution in [0.15, 0.2) is 30.6 Å². The molecule has 1 N–H and O–H groups in total. The number of fused-ring (bicyclic) bond motifs is 2. The Hall–Kier alpha value is -4.65. The predicted molar refractivity (Wildman–Crippen MR) is 163 cm³/mol. The molecule has 2 aliphatic heterocycles. The zero-order valence-corrected chi connectivity index (χ0v) is 25.9. The van der Waals surface area contributed by atoms with Crippen LogP contribution in [0.1, 0.15) is 48.0 Å². The van der Waals surface area contributed by atoms with Crippen molar-refractivity contribution in [3.63, 3.8) is 0 Å². The van der Waals surface area contributed by atoms with Gasteiger partial charge in [-0.2, -0.15) is 0 Å². The van der Waals surface area contributed by atoms with Crippen LogP contribution in [0, 0.1) is 6.92 Å². The molecule has 0 atom stereocenters. The van der Waals surface area contributed by atoms with E-state index in [0.717, 1.165) is 35.5 Å². The highest BCUT2D eigenvalue weighted by atomic mass is 16.6. The van der Waals surface area contributed by atoms with Crippen molar-refractivity contribution in [1.82, 2.24) is 15.0 Å². The van der Waals surface area contributed by atoms with Crippen molar-refractivity contribution in [1.29, 1.82) is 0 Å². The lowest BCUT2D eigenvalue weighted by molar-refractivity contribution is 0.0563. The molecule has 3 aromatic rings. The Morgan fingerprint density at radius 1 is 1.09 bits per heavy atom. The number of amides is 1. The number of ether oxygens (including phenoxy) is 5. The van der Waals surface area contributed by atoms with Crippen LogP contribution in [-0.2, 0) is 27.2 Å².